The van der Waals surface area contributed by atoms with Crippen LogP contribution >= 0.6 is 0 Å². The highest BCUT2D eigenvalue weighted by Crippen LogP contribution is 2.27. The van der Waals surface area contributed by atoms with Gasteiger partial charge >= 0.3 is 0 Å². The number of rotatable bonds is 4. The van der Waals surface area contributed by atoms with Crippen LogP contribution in [-0.2, 0) is 13.1 Å². The molecular formula is C17H18FN3. The van der Waals surface area contributed by atoms with Crippen LogP contribution in [0.15, 0.2) is 42.5 Å². The Morgan fingerprint density at radius 2 is 2.00 bits per heavy atom. The maximum absolute atomic E-state index is 14.0. The van der Waals surface area contributed by atoms with Crippen molar-refractivity contribution in [1.82, 2.24) is 9.55 Å². The molecule has 4 heteroatoms. The number of aryl methyl sites for hydroxylation is 1. The van der Waals surface area contributed by atoms with Crippen LogP contribution in [0.3, 0.4) is 0 Å². The maximum atomic E-state index is 14.0. The van der Waals surface area contributed by atoms with E-state index >= 15 is 0 Å². The summed E-state index contributed by atoms with van der Waals surface area (Å²) >= 11 is 0. The number of benzene rings is 2. The molecule has 0 amide bonds. The van der Waals surface area contributed by atoms with Gasteiger partial charge in [-0.05, 0) is 30.2 Å². The summed E-state index contributed by atoms with van der Waals surface area (Å²) in [6, 6.07) is 13.0. The van der Waals surface area contributed by atoms with Crippen LogP contribution in [0.25, 0.3) is 22.4 Å². The van der Waals surface area contributed by atoms with Crippen LogP contribution in [0, 0.1) is 5.82 Å². The molecule has 108 valence electrons. The summed E-state index contributed by atoms with van der Waals surface area (Å²) in [6.07, 6.45) is 0.964. The minimum atomic E-state index is -0.279. The van der Waals surface area contributed by atoms with Gasteiger partial charge in [-0.25, -0.2) is 9.37 Å². The first-order valence-electron chi connectivity index (χ1n) is 7.18. The number of nitrogens with zero attached hydrogens (tertiary/aromatic N) is 2. The van der Waals surface area contributed by atoms with Crippen molar-refractivity contribution in [3.05, 3.63) is 53.8 Å². The average molecular weight is 283 g/mol. The Hall–Kier alpha value is -2.20. The van der Waals surface area contributed by atoms with Crippen molar-refractivity contribution >= 4 is 11.0 Å². The third-order valence-corrected chi connectivity index (χ3v) is 3.60. The SMILES string of the molecule is CCCn1c(-c2cccc(CN)c2)nc2c(F)cccc21. The lowest BCUT2D eigenvalue weighted by Gasteiger charge is -2.08. The van der Waals surface area contributed by atoms with Crippen LogP contribution < -0.4 is 5.73 Å². The van der Waals surface area contributed by atoms with Crippen LogP contribution in [0.2, 0.25) is 0 Å². The number of nitrogens with two attached hydrogens (primary N) is 1. The lowest BCUT2D eigenvalue weighted by molar-refractivity contribution is 0.637. The molecule has 0 aliphatic carbocycles. The Morgan fingerprint density at radius 3 is 2.76 bits per heavy atom. The molecule has 3 rings (SSSR count). The lowest BCUT2D eigenvalue weighted by Crippen LogP contribution is -2.01. The summed E-state index contributed by atoms with van der Waals surface area (Å²) in [4.78, 5) is 4.52. The van der Waals surface area contributed by atoms with Gasteiger partial charge in [-0.15, -0.1) is 0 Å². The number of imidazole rings is 1. The van der Waals surface area contributed by atoms with Gasteiger partial charge in [0, 0.05) is 18.7 Å². The second-order valence-electron chi connectivity index (χ2n) is 5.10. The van der Waals surface area contributed by atoms with Crippen LogP contribution in [-0.4, -0.2) is 9.55 Å². The highest BCUT2D eigenvalue weighted by atomic mass is 19.1. The fraction of sp³-hybridized carbons (Fsp3) is 0.235. The van der Waals surface area contributed by atoms with E-state index in [0.29, 0.717) is 12.1 Å². The zero-order valence-corrected chi connectivity index (χ0v) is 12.0. The zero-order chi connectivity index (χ0) is 14.8. The molecule has 0 aliphatic rings. The van der Waals surface area contributed by atoms with E-state index in [1.165, 1.54) is 6.07 Å². The van der Waals surface area contributed by atoms with Crippen molar-refractivity contribution in [3.8, 4) is 11.4 Å². The fourth-order valence-corrected chi connectivity index (χ4v) is 2.62. The van der Waals surface area contributed by atoms with Gasteiger partial charge in [-0.2, -0.15) is 0 Å². The van der Waals surface area contributed by atoms with Gasteiger partial charge in [-0.3, -0.25) is 0 Å². The van der Waals surface area contributed by atoms with E-state index in [1.807, 2.05) is 30.3 Å². The summed E-state index contributed by atoms with van der Waals surface area (Å²) in [7, 11) is 0. The first-order valence-corrected chi connectivity index (χ1v) is 7.18. The average Bonchev–Trinajstić information content (AvgIpc) is 2.88. The Kier molecular flexibility index (Phi) is 3.71. The lowest BCUT2D eigenvalue weighted by atomic mass is 10.1. The van der Waals surface area contributed by atoms with E-state index < -0.39 is 0 Å². The molecule has 0 bridgehead atoms. The molecule has 2 N–H and O–H groups in total. The van der Waals surface area contributed by atoms with Crippen molar-refractivity contribution in [2.24, 2.45) is 5.73 Å². The van der Waals surface area contributed by atoms with Gasteiger partial charge in [0.2, 0.25) is 0 Å². The topological polar surface area (TPSA) is 43.8 Å². The number of hydrogen-bond donors (Lipinski definition) is 1. The molecule has 0 fully saturated rings. The minimum Gasteiger partial charge on any atom is -0.326 e. The van der Waals surface area contributed by atoms with Gasteiger partial charge in [0.15, 0.2) is 5.82 Å². The minimum absolute atomic E-state index is 0.279. The van der Waals surface area contributed by atoms with Crippen molar-refractivity contribution < 1.29 is 4.39 Å². The Morgan fingerprint density at radius 1 is 1.19 bits per heavy atom. The van der Waals surface area contributed by atoms with E-state index in [4.69, 9.17) is 5.73 Å². The summed E-state index contributed by atoms with van der Waals surface area (Å²) in [5.41, 5.74) is 8.99. The molecule has 21 heavy (non-hydrogen) atoms. The van der Waals surface area contributed by atoms with Crippen LogP contribution in [0.1, 0.15) is 18.9 Å². The number of halogens is 1. The smallest absolute Gasteiger partial charge is 0.151 e. The molecule has 0 atom stereocenters. The Labute approximate surface area is 123 Å². The van der Waals surface area contributed by atoms with Gasteiger partial charge < -0.3 is 10.3 Å². The summed E-state index contributed by atoms with van der Waals surface area (Å²) in [6.45, 7) is 3.39. The zero-order valence-electron chi connectivity index (χ0n) is 12.0. The quantitative estimate of drug-likeness (QED) is 0.793. The Bertz CT molecular complexity index is 777. The highest BCUT2D eigenvalue weighted by Gasteiger charge is 2.14. The third kappa shape index (κ3) is 2.43. The van der Waals surface area contributed by atoms with E-state index in [9.17, 15) is 4.39 Å². The molecular weight excluding hydrogens is 265 g/mol. The van der Waals surface area contributed by atoms with Gasteiger partial charge in [0.25, 0.3) is 0 Å². The largest absolute Gasteiger partial charge is 0.326 e. The predicted octanol–water partition coefficient (Wildman–Crippen LogP) is 3.71. The number of hydrogen-bond acceptors (Lipinski definition) is 2. The summed E-state index contributed by atoms with van der Waals surface area (Å²) in [5.74, 6) is 0.519. The van der Waals surface area contributed by atoms with Gasteiger partial charge in [0.1, 0.15) is 11.3 Å². The summed E-state index contributed by atoms with van der Waals surface area (Å²) in [5, 5.41) is 0. The Balaban J connectivity index is 2.25. The van der Waals surface area contributed by atoms with Crippen molar-refractivity contribution in [2.45, 2.75) is 26.4 Å². The molecule has 1 heterocycles. The van der Waals surface area contributed by atoms with Crippen molar-refractivity contribution in [2.75, 3.05) is 0 Å². The normalized spacial score (nSPS) is 11.2. The highest BCUT2D eigenvalue weighted by molar-refractivity contribution is 5.81. The van der Waals surface area contributed by atoms with Crippen LogP contribution in [0.5, 0.6) is 0 Å². The molecule has 0 spiro atoms. The first-order chi connectivity index (χ1) is 10.2. The van der Waals surface area contributed by atoms with Gasteiger partial charge in [-0.1, -0.05) is 31.2 Å². The molecule has 1 aromatic heterocycles. The van der Waals surface area contributed by atoms with E-state index in [-0.39, 0.29) is 5.82 Å². The van der Waals surface area contributed by atoms with Gasteiger partial charge in [0.05, 0.1) is 5.52 Å². The molecule has 3 nitrogen and oxygen atoms in total. The molecule has 0 aliphatic heterocycles. The fourth-order valence-electron chi connectivity index (χ4n) is 2.62. The van der Waals surface area contributed by atoms with Crippen LogP contribution in [0.4, 0.5) is 4.39 Å². The maximum Gasteiger partial charge on any atom is 0.151 e. The molecule has 3 aromatic rings. The molecule has 0 radical (unpaired) electrons. The molecule has 0 unspecified atom stereocenters. The molecule has 0 saturated heterocycles. The predicted molar refractivity (Wildman–Crippen MR) is 83.3 cm³/mol. The standard InChI is InChI=1S/C17H18FN3/c1-2-9-21-15-8-4-7-14(18)16(15)20-17(21)13-6-3-5-12(10-13)11-19/h3-8,10H,2,9,11,19H2,1H3. The number of aromatic nitrogens is 2. The van der Waals surface area contributed by atoms with E-state index in [2.05, 4.69) is 16.5 Å². The molecule has 0 saturated carbocycles. The number of fused-ring (bicyclic) bond motifs is 1. The second kappa shape index (κ2) is 5.66. The monoisotopic (exact) mass is 283 g/mol. The summed E-state index contributed by atoms with van der Waals surface area (Å²) < 4.78 is 16.1. The number of para-hydroxylation sites is 1. The van der Waals surface area contributed by atoms with Crippen molar-refractivity contribution in [1.29, 1.82) is 0 Å². The molecule has 2 aromatic carbocycles. The van der Waals surface area contributed by atoms with Crippen molar-refractivity contribution in [3.63, 3.8) is 0 Å². The second-order valence-corrected chi connectivity index (χ2v) is 5.10. The third-order valence-electron chi connectivity index (χ3n) is 3.60. The van der Waals surface area contributed by atoms with E-state index in [0.717, 1.165) is 35.4 Å². The first kappa shape index (κ1) is 13.8. The van der Waals surface area contributed by atoms with E-state index in [1.54, 1.807) is 6.07 Å².